The van der Waals surface area contributed by atoms with Crippen molar-refractivity contribution in [2.75, 3.05) is 31.7 Å². The van der Waals surface area contributed by atoms with Gasteiger partial charge in [0.05, 0.1) is 39.8 Å². The topological polar surface area (TPSA) is 132 Å². The van der Waals surface area contributed by atoms with Crippen molar-refractivity contribution in [2.45, 2.75) is 4.90 Å². The number of nitro groups is 1. The minimum Gasteiger partial charge on any atom is -0.379 e. The molecule has 0 aliphatic carbocycles. The summed E-state index contributed by atoms with van der Waals surface area (Å²) in [4.78, 5) is 11.9. The van der Waals surface area contributed by atoms with Crippen LogP contribution in [0.3, 0.4) is 0 Å². The van der Waals surface area contributed by atoms with Crippen LogP contribution in [0.2, 0.25) is 0 Å². The summed E-state index contributed by atoms with van der Waals surface area (Å²) < 4.78 is 34.1. The minimum atomic E-state index is -3.88. The van der Waals surface area contributed by atoms with E-state index in [1.54, 1.807) is 4.68 Å². The molecule has 11 nitrogen and oxygen atoms in total. The number of thiophene rings is 1. The highest BCUT2D eigenvalue weighted by molar-refractivity contribution is 7.89. The Morgan fingerprint density at radius 3 is 2.59 bits per heavy atom. The molecule has 2 aromatic carbocycles. The Balaban J connectivity index is 1.42. The smallest absolute Gasteiger partial charge is 0.295 e. The van der Waals surface area contributed by atoms with Crippen LogP contribution in [0.15, 0.2) is 82.2 Å². The Hall–Kier alpha value is -3.91. The summed E-state index contributed by atoms with van der Waals surface area (Å²) in [5.41, 5.74) is 4.65. The van der Waals surface area contributed by atoms with E-state index in [1.165, 1.54) is 34.0 Å². The third-order valence-electron chi connectivity index (χ3n) is 5.68. The van der Waals surface area contributed by atoms with E-state index in [-0.39, 0.29) is 36.9 Å². The molecule has 1 aliphatic heterocycles. The van der Waals surface area contributed by atoms with Gasteiger partial charge in [0.25, 0.3) is 5.69 Å². The summed E-state index contributed by atoms with van der Waals surface area (Å²) in [7, 11) is -3.88. The van der Waals surface area contributed by atoms with Crippen LogP contribution in [-0.4, -0.2) is 59.9 Å². The molecule has 0 saturated carbocycles. The van der Waals surface area contributed by atoms with E-state index < -0.39 is 20.6 Å². The number of hydrogen-bond donors (Lipinski definition) is 1. The van der Waals surface area contributed by atoms with E-state index in [1.807, 2.05) is 54.0 Å². The van der Waals surface area contributed by atoms with Crippen LogP contribution < -0.4 is 5.43 Å². The van der Waals surface area contributed by atoms with Gasteiger partial charge in [-0.25, -0.2) is 13.1 Å². The summed E-state index contributed by atoms with van der Waals surface area (Å²) >= 11 is 1.53. The van der Waals surface area contributed by atoms with E-state index in [0.717, 1.165) is 16.6 Å². The Morgan fingerprint density at radius 1 is 1.11 bits per heavy atom. The molecule has 0 atom stereocenters. The lowest BCUT2D eigenvalue weighted by molar-refractivity contribution is -0.384. The van der Waals surface area contributed by atoms with Crippen molar-refractivity contribution in [1.82, 2.24) is 14.1 Å². The van der Waals surface area contributed by atoms with Gasteiger partial charge in [-0.3, -0.25) is 15.5 Å². The molecule has 190 valence electrons. The van der Waals surface area contributed by atoms with Gasteiger partial charge in [-0.2, -0.15) is 14.5 Å². The van der Waals surface area contributed by atoms with Crippen LogP contribution in [0, 0.1) is 10.1 Å². The summed E-state index contributed by atoms with van der Waals surface area (Å²) in [6.45, 7) is 0.960. The Kier molecular flexibility index (Phi) is 7.10. The zero-order valence-electron chi connectivity index (χ0n) is 19.4. The molecule has 1 aliphatic rings. The van der Waals surface area contributed by atoms with E-state index in [9.17, 15) is 18.5 Å². The van der Waals surface area contributed by atoms with Crippen LogP contribution in [0.5, 0.6) is 0 Å². The van der Waals surface area contributed by atoms with Crippen LogP contribution in [0.4, 0.5) is 11.4 Å². The van der Waals surface area contributed by atoms with Crippen molar-refractivity contribution < 1.29 is 18.1 Å². The average Bonchev–Trinajstić information content (AvgIpc) is 3.60. The maximum atomic E-state index is 12.9. The van der Waals surface area contributed by atoms with Gasteiger partial charge in [-0.1, -0.05) is 24.3 Å². The first kappa shape index (κ1) is 24.8. The van der Waals surface area contributed by atoms with E-state index in [4.69, 9.17) is 9.84 Å². The minimum absolute atomic E-state index is 0.0651. The van der Waals surface area contributed by atoms with Gasteiger partial charge in [0.15, 0.2) is 0 Å². The fraction of sp³-hybridized carbons (Fsp3) is 0.167. The van der Waals surface area contributed by atoms with Crippen LogP contribution in [-0.2, 0) is 14.8 Å². The van der Waals surface area contributed by atoms with Crippen molar-refractivity contribution in [2.24, 2.45) is 5.10 Å². The second-order valence-electron chi connectivity index (χ2n) is 8.01. The SMILES string of the molecule is O=[N+]([O-])c1cc(S(=O)(=O)N2CCOCC2)ccc1NN=Cc1cn(-c2ccccc2)nc1-c1cccs1. The molecule has 0 unspecified atom stereocenters. The number of anilines is 1. The van der Waals surface area contributed by atoms with Gasteiger partial charge >= 0.3 is 0 Å². The summed E-state index contributed by atoms with van der Waals surface area (Å²) in [6.07, 6.45) is 3.35. The van der Waals surface area contributed by atoms with Gasteiger partial charge < -0.3 is 4.74 Å². The summed E-state index contributed by atoms with van der Waals surface area (Å²) in [5.74, 6) is 0. The largest absolute Gasteiger partial charge is 0.379 e. The number of para-hydroxylation sites is 1. The highest BCUT2D eigenvalue weighted by atomic mass is 32.2. The number of nitro benzene ring substituents is 1. The number of nitrogens with zero attached hydrogens (tertiary/aromatic N) is 5. The lowest BCUT2D eigenvalue weighted by Gasteiger charge is -2.26. The molecular weight excluding hydrogens is 516 g/mol. The first-order chi connectivity index (χ1) is 17.9. The predicted octanol–water partition coefficient (Wildman–Crippen LogP) is 3.98. The van der Waals surface area contributed by atoms with Gasteiger partial charge in [-0.05, 0) is 35.7 Å². The van der Waals surface area contributed by atoms with Crippen LogP contribution in [0.25, 0.3) is 16.3 Å². The van der Waals surface area contributed by atoms with Crippen LogP contribution in [0.1, 0.15) is 5.56 Å². The molecule has 0 radical (unpaired) electrons. The van der Waals surface area contributed by atoms with Crippen molar-refractivity contribution in [3.63, 3.8) is 0 Å². The zero-order valence-corrected chi connectivity index (χ0v) is 21.1. The Morgan fingerprint density at radius 2 is 1.89 bits per heavy atom. The van der Waals surface area contributed by atoms with Gasteiger partial charge in [0, 0.05) is 30.9 Å². The standard InChI is InChI=1S/C24H22N6O5S2/c31-30(32)22-15-20(37(33,34)28-10-12-35-13-11-28)8-9-21(22)26-25-16-18-17-29(19-5-2-1-3-6-19)27-24(18)23-7-4-14-36-23/h1-9,14-17,26H,10-13H2. The van der Waals surface area contributed by atoms with Crippen molar-refractivity contribution in [3.05, 3.63) is 87.9 Å². The molecule has 1 saturated heterocycles. The molecule has 37 heavy (non-hydrogen) atoms. The number of ether oxygens (including phenoxy) is 1. The normalized spacial score (nSPS) is 14.7. The van der Waals surface area contributed by atoms with Crippen LogP contribution >= 0.6 is 11.3 Å². The third-order valence-corrected chi connectivity index (χ3v) is 8.45. The first-order valence-corrected chi connectivity index (χ1v) is 13.6. The van der Waals surface area contributed by atoms with Gasteiger partial charge in [0.2, 0.25) is 10.0 Å². The number of rotatable bonds is 8. The summed E-state index contributed by atoms with van der Waals surface area (Å²) in [6, 6.07) is 17.2. The molecule has 1 fully saturated rings. The fourth-order valence-electron chi connectivity index (χ4n) is 3.82. The predicted molar refractivity (Wildman–Crippen MR) is 141 cm³/mol. The maximum absolute atomic E-state index is 12.9. The van der Waals surface area contributed by atoms with E-state index in [2.05, 4.69) is 10.5 Å². The number of aromatic nitrogens is 2. The molecule has 5 rings (SSSR count). The highest BCUT2D eigenvalue weighted by Crippen LogP contribution is 2.30. The summed E-state index contributed by atoms with van der Waals surface area (Å²) in [5, 5.41) is 22.6. The monoisotopic (exact) mass is 538 g/mol. The maximum Gasteiger partial charge on any atom is 0.295 e. The molecule has 0 bridgehead atoms. The molecule has 13 heteroatoms. The second-order valence-corrected chi connectivity index (χ2v) is 10.9. The second kappa shape index (κ2) is 10.6. The van der Waals surface area contributed by atoms with E-state index >= 15 is 0 Å². The zero-order chi connectivity index (χ0) is 25.8. The third kappa shape index (κ3) is 5.29. The average molecular weight is 539 g/mol. The lowest BCUT2D eigenvalue weighted by Crippen LogP contribution is -2.40. The highest BCUT2D eigenvalue weighted by Gasteiger charge is 2.29. The number of sulfonamides is 1. The van der Waals surface area contributed by atoms with Gasteiger partial charge in [0.1, 0.15) is 11.4 Å². The lowest BCUT2D eigenvalue weighted by atomic mass is 10.2. The van der Waals surface area contributed by atoms with Crippen molar-refractivity contribution in [1.29, 1.82) is 0 Å². The number of hydrazone groups is 1. The van der Waals surface area contributed by atoms with Crippen molar-refractivity contribution >= 4 is 38.9 Å². The Labute approximate surface area is 216 Å². The number of hydrogen-bond acceptors (Lipinski definition) is 9. The first-order valence-electron chi connectivity index (χ1n) is 11.3. The number of morpholine rings is 1. The number of benzene rings is 2. The molecule has 0 spiro atoms. The molecule has 0 amide bonds. The molecule has 4 aromatic rings. The molecule has 3 heterocycles. The molecular formula is C24H22N6O5S2. The van der Waals surface area contributed by atoms with Crippen molar-refractivity contribution in [3.8, 4) is 16.3 Å². The quantitative estimate of drug-likeness (QED) is 0.204. The van der Waals surface area contributed by atoms with Gasteiger partial charge in [-0.15, -0.1) is 11.3 Å². The fourth-order valence-corrected chi connectivity index (χ4v) is 5.98. The van der Waals surface area contributed by atoms with E-state index in [0.29, 0.717) is 11.3 Å². The molecule has 1 N–H and O–H groups in total. The Bertz CT molecular complexity index is 1530. The number of nitrogens with one attached hydrogen (secondary N) is 1. The molecule has 2 aromatic heterocycles.